The van der Waals surface area contributed by atoms with E-state index in [1.807, 2.05) is 36.5 Å². The quantitative estimate of drug-likeness (QED) is 0.0169. The zero-order valence-electron chi connectivity index (χ0n) is 64.5. The number of rotatable bonds is 69. The van der Waals surface area contributed by atoms with Gasteiger partial charge in [-0.3, -0.25) is 37.3 Å². The number of ether oxygens (including phenoxy) is 4. The van der Waals surface area contributed by atoms with Gasteiger partial charge in [0.2, 0.25) is 0 Å². The molecule has 5 atom stereocenters. The number of hydrogen-bond donors (Lipinski definition) is 3. The molecule has 5 unspecified atom stereocenters. The van der Waals surface area contributed by atoms with Crippen LogP contribution in [0.25, 0.3) is 0 Å². The van der Waals surface area contributed by atoms with E-state index in [4.69, 9.17) is 37.0 Å². The second kappa shape index (κ2) is 76.3. The number of unbranched alkanes of at least 4 members (excludes halogenated alkanes) is 7. The molecule has 0 bridgehead atoms. The summed E-state index contributed by atoms with van der Waals surface area (Å²) in [5, 5.41) is 10.6. The van der Waals surface area contributed by atoms with Crippen LogP contribution in [0.4, 0.5) is 0 Å². The molecule has 0 aromatic rings. The van der Waals surface area contributed by atoms with Crippen LogP contribution in [-0.2, 0) is 65.4 Å². The van der Waals surface area contributed by atoms with Crippen LogP contribution in [0.1, 0.15) is 233 Å². The van der Waals surface area contributed by atoms with Gasteiger partial charge in [0.1, 0.15) is 19.3 Å². The van der Waals surface area contributed by atoms with Crippen LogP contribution in [-0.4, -0.2) is 96.7 Å². The maximum atomic E-state index is 13.1. The highest BCUT2D eigenvalue weighted by Gasteiger charge is 2.30. The van der Waals surface area contributed by atoms with Crippen molar-refractivity contribution in [1.82, 2.24) is 0 Å². The first-order chi connectivity index (χ1) is 51.7. The lowest BCUT2D eigenvalue weighted by molar-refractivity contribution is -0.160. The predicted octanol–water partition coefficient (Wildman–Crippen LogP) is 22.7. The predicted molar refractivity (Wildman–Crippen MR) is 435 cm³/mol. The number of carbonyl (C=O) groups excluding carboxylic acids is 4. The van der Waals surface area contributed by atoms with E-state index in [9.17, 15) is 43.2 Å². The number of phosphoric ester groups is 2. The van der Waals surface area contributed by atoms with Gasteiger partial charge in [-0.2, -0.15) is 0 Å². The number of aliphatic hydroxyl groups is 1. The molecule has 0 heterocycles. The van der Waals surface area contributed by atoms with Gasteiger partial charge in [-0.25, -0.2) is 9.13 Å². The van der Waals surface area contributed by atoms with Crippen LogP contribution < -0.4 is 0 Å². The van der Waals surface area contributed by atoms with Crippen LogP contribution in [0, 0.1) is 0 Å². The first-order valence-corrected chi connectivity index (χ1v) is 41.6. The molecular formula is C87H132O17P2. The Morgan fingerprint density at radius 1 is 0.274 bits per heavy atom. The van der Waals surface area contributed by atoms with Crippen LogP contribution in [0.3, 0.4) is 0 Å². The minimum atomic E-state index is -5.04. The molecule has 0 fully saturated rings. The van der Waals surface area contributed by atoms with E-state index in [0.717, 1.165) is 148 Å². The van der Waals surface area contributed by atoms with E-state index < -0.39 is 97.5 Å². The Morgan fingerprint density at radius 3 is 0.792 bits per heavy atom. The van der Waals surface area contributed by atoms with Gasteiger partial charge >= 0.3 is 39.5 Å². The van der Waals surface area contributed by atoms with Crippen molar-refractivity contribution >= 4 is 39.5 Å². The monoisotopic (exact) mass is 1510 g/mol. The summed E-state index contributed by atoms with van der Waals surface area (Å²) in [5.41, 5.74) is 0. The normalized spacial score (nSPS) is 15.1. The van der Waals surface area contributed by atoms with Crippen LogP contribution in [0.2, 0.25) is 0 Å². The molecule has 19 heteroatoms. The fourth-order valence-corrected chi connectivity index (χ4v) is 10.6. The smallest absolute Gasteiger partial charge is 0.462 e. The fourth-order valence-electron chi connectivity index (χ4n) is 8.98. The largest absolute Gasteiger partial charge is 0.472 e. The minimum absolute atomic E-state index is 0.0508. The number of esters is 4. The average molecular weight is 1510 g/mol. The van der Waals surface area contributed by atoms with Crippen molar-refractivity contribution in [1.29, 1.82) is 0 Å². The third-order valence-corrected chi connectivity index (χ3v) is 16.6. The van der Waals surface area contributed by atoms with Crippen molar-refractivity contribution in [2.75, 3.05) is 39.6 Å². The highest BCUT2D eigenvalue weighted by Crippen LogP contribution is 2.45. The van der Waals surface area contributed by atoms with Gasteiger partial charge in [-0.05, 0) is 154 Å². The van der Waals surface area contributed by atoms with E-state index >= 15 is 0 Å². The number of phosphoric acid groups is 2. The van der Waals surface area contributed by atoms with Crippen molar-refractivity contribution in [3.63, 3.8) is 0 Å². The molecule has 0 rings (SSSR count). The van der Waals surface area contributed by atoms with Gasteiger partial charge in [0, 0.05) is 12.8 Å². The Balaban J connectivity index is 5.58. The van der Waals surface area contributed by atoms with E-state index in [1.165, 1.54) is 0 Å². The first-order valence-electron chi connectivity index (χ1n) is 38.6. The van der Waals surface area contributed by atoms with Crippen molar-refractivity contribution in [2.24, 2.45) is 0 Å². The SMILES string of the molecule is CC/C=C\C/C=C\C/C=C\C/C=C\C/C=C\CCCC(=O)OCC(COP(=O)(O)OCC(O)COP(=O)(O)OCC(COC(=O)CCCCCCCC/C=C\C/C=C\C/C=C\C/C=C\CC)OC(=O)C/C=C\C/C=C\C/C=C\C/C=C\C/C=C\CC)OC(=O)C/C=C\C/C=C\C/C=C\C/C=C\C/C=C\CC. The maximum Gasteiger partial charge on any atom is 0.472 e. The topological polar surface area (TPSA) is 237 Å². The van der Waals surface area contributed by atoms with E-state index in [0.29, 0.717) is 32.1 Å². The molecule has 0 radical (unpaired) electrons. The minimum Gasteiger partial charge on any atom is -0.462 e. The zero-order valence-corrected chi connectivity index (χ0v) is 66.3. The van der Waals surface area contributed by atoms with Crippen LogP contribution in [0.5, 0.6) is 0 Å². The second-order valence-electron chi connectivity index (χ2n) is 24.4. The van der Waals surface area contributed by atoms with Gasteiger partial charge in [-0.15, -0.1) is 0 Å². The van der Waals surface area contributed by atoms with Gasteiger partial charge in [0.25, 0.3) is 0 Å². The van der Waals surface area contributed by atoms with Gasteiger partial charge < -0.3 is 33.8 Å². The third kappa shape index (κ3) is 75.4. The van der Waals surface area contributed by atoms with E-state index in [-0.39, 0.29) is 25.7 Å². The summed E-state index contributed by atoms with van der Waals surface area (Å²) in [5.74, 6) is -2.59. The molecule has 0 aliphatic rings. The molecule has 592 valence electrons. The average Bonchev–Trinajstić information content (AvgIpc) is 0.928. The Morgan fingerprint density at radius 2 is 0.500 bits per heavy atom. The molecule has 0 amide bonds. The Kier molecular flexibility index (Phi) is 71.4. The molecular weight excluding hydrogens is 1380 g/mol. The lowest BCUT2D eigenvalue weighted by Crippen LogP contribution is -2.30. The summed E-state index contributed by atoms with van der Waals surface area (Å²) in [6, 6.07) is 0. The summed E-state index contributed by atoms with van der Waals surface area (Å²) in [6.45, 7) is 4.04. The van der Waals surface area contributed by atoms with Crippen LogP contribution >= 0.6 is 15.6 Å². The van der Waals surface area contributed by atoms with E-state index in [2.05, 4.69) is 198 Å². The number of carbonyl (C=O) groups is 4. The van der Waals surface area contributed by atoms with Crippen molar-refractivity contribution in [3.8, 4) is 0 Å². The number of allylic oxidation sites excluding steroid dienone is 36. The van der Waals surface area contributed by atoms with Crippen molar-refractivity contribution < 1.29 is 80.2 Å². The first kappa shape index (κ1) is 99.1. The summed E-state index contributed by atoms with van der Waals surface area (Å²) in [6.07, 6.45) is 98.3. The summed E-state index contributed by atoms with van der Waals surface area (Å²) < 4.78 is 68.2. The molecule has 0 aromatic heterocycles. The van der Waals surface area contributed by atoms with Gasteiger partial charge in [0.05, 0.1) is 39.3 Å². The standard InChI is InChI=1S/C87H132O17P2/c1-5-9-13-17-21-25-29-33-37-39-40-42-46-48-52-56-60-64-68-72-85(90)98-78-83(104-87(92)74-70-66-62-58-54-50-44-36-32-28-24-20-16-12-8-4)80-102-106(95,96)100-76-81(88)75-99-105(93,94)101-79-82(103-86(91)73-69-65-61-57-53-49-43-35-31-27-23-19-15-11-7-3)77-97-84(89)71-67-63-59-55-51-47-45-41-38-34-30-26-22-18-14-10-6-2/h9-16,21-28,33-38,40,42-45,47,53-55,57-59,65-66,69-70,81-83,88H,5-8,17-20,29-32,39,41,46,48-52,56,60-64,67-68,71-80H2,1-4H3,(H,93,94)(H,95,96)/b13-9-,14-10-,15-11-,16-12-,25-21-,26-22-,27-23-,28-24-,37-33-,38-34-,42-40-,43-35-,44-36-,47-45-,57-53-,58-54-,59-55-,69-65-,70-66-. The zero-order chi connectivity index (χ0) is 77.4. The third-order valence-electron chi connectivity index (χ3n) is 14.7. The van der Waals surface area contributed by atoms with Crippen molar-refractivity contribution in [3.05, 3.63) is 231 Å². The molecule has 0 spiro atoms. The summed E-state index contributed by atoms with van der Waals surface area (Å²) >= 11 is 0. The molecule has 17 nitrogen and oxygen atoms in total. The van der Waals surface area contributed by atoms with Crippen LogP contribution in [0.15, 0.2) is 231 Å². The summed E-state index contributed by atoms with van der Waals surface area (Å²) in [4.78, 5) is 72.8. The summed E-state index contributed by atoms with van der Waals surface area (Å²) in [7, 11) is -10.1. The highest BCUT2D eigenvalue weighted by atomic mass is 31.2. The Bertz CT molecular complexity index is 2930. The molecule has 0 aliphatic heterocycles. The number of hydrogen-bond acceptors (Lipinski definition) is 15. The maximum absolute atomic E-state index is 13.1. The molecule has 0 saturated carbocycles. The molecule has 0 saturated heterocycles. The highest BCUT2D eigenvalue weighted by molar-refractivity contribution is 7.47. The van der Waals surface area contributed by atoms with Crippen molar-refractivity contribution in [2.45, 2.75) is 251 Å². The molecule has 106 heavy (non-hydrogen) atoms. The van der Waals surface area contributed by atoms with E-state index in [1.54, 1.807) is 24.3 Å². The lowest BCUT2D eigenvalue weighted by atomic mass is 10.1. The molecule has 0 aliphatic carbocycles. The Hall–Kier alpha value is -6.88. The molecule has 0 aromatic carbocycles. The fraction of sp³-hybridized carbons (Fsp3) is 0.517. The Labute approximate surface area is 638 Å². The second-order valence-corrected chi connectivity index (χ2v) is 27.4. The number of aliphatic hydroxyl groups excluding tert-OH is 1. The van der Waals surface area contributed by atoms with Gasteiger partial charge in [0.15, 0.2) is 12.2 Å². The molecule has 3 N–H and O–H groups in total. The lowest BCUT2D eigenvalue weighted by Gasteiger charge is -2.21. The van der Waals surface area contributed by atoms with Gasteiger partial charge in [-0.1, -0.05) is 284 Å².